The van der Waals surface area contributed by atoms with Gasteiger partial charge in [-0.15, -0.1) is 4.52 Å². The van der Waals surface area contributed by atoms with E-state index in [0.717, 1.165) is 63.7 Å². The van der Waals surface area contributed by atoms with Crippen LogP contribution in [0.15, 0.2) is 18.3 Å². The number of aromatic nitrogens is 4. The zero-order valence-electron chi connectivity index (χ0n) is 21.7. The SMILES string of the molecule is [C-]#[N+]c1cnc2c(NC3CC3)nc(Nc3cc(C#N)c(CCCN4CCC(C(C)(C)O)CC4)cc3Cl)nn12. The van der Waals surface area contributed by atoms with Crippen LogP contribution in [0.3, 0.4) is 0 Å². The second kappa shape index (κ2) is 10.7. The Morgan fingerprint density at radius 2 is 2.03 bits per heavy atom. The highest BCUT2D eigenvalue weighted by Gasteiger charge is 2.30. The third-order valence-corrected chi connectivity index (χ3v) is 7.76. The lowest BCUT2D eigenvalue weighted by atomic mass is 9.83. The Morgan fingerprint density at radius 3 is 2.68 bits per heavy atom. The first-order valence-corrected chi connectivity index (χ1v) is 13.5. The van der Waals surface area contributed by atoms with Crippen LogP contribution in [0.25, 0.3) is 10.5 Å². The Morgan fingerprint density at radius 1 is 1.26 bits per heavy atom. The molecule has 0 radical (unpaired) electrons. The quantitative estimate of drug-likeness (QED) is 0.331. The molecule has 2 fully saturated rings. The van der Waals surface area contributed by atoms with Crippen LogP contribution in [0, 0.1) is 23.8 Å². The van der Waals surface area contributed by atoms with Crippen LogP contribution in [-0.4, -0.2) is 60.9 Å². The number of likely N-dealkylation sites (tertiary alicyclic amines) is 1. The van der Waals surface area contributed by atoms with E-state index in [-0.39, 0.29) is 11.8 Å². The number of nitriles is 1. The molecule has 3 heterocycles. The number of fused-ring (bicyclic) bond motifs is 1. The molecule has 0 unspecified atom stereocenters. The summed E-state index contributed by atoms with van der Waals surface area (Å²) in [7, 11) is 0. The van der Waals surface area contributed by atoms with Crippen LogP contribution in [0.4, 0.5) is 23.3 Å². The van der Waals surface area contributed by atoms with E-state index in [1.807, 2.05) is 19.9 Å². The molecule has 38 heavy (non-hydrogen) atoms. The summed E-state index contributed by atoms with van der Waals surface area (Å²) in [4.78, 5) is 14.8. The minimum Gasteiger partial charge on any atom is -0.390 e. The maximum absolute atomic E-state index is 10.3. The minimum absolute atomic E-state index is 0.261. The van der Waals surface area contributed by atoms with E-state index < -0.39 is 5.60 Å². The van der Waals surface area contributed by atoms with Gasteiger partial charge in [-0.2, -0.15) is 10.2 Å². The van der Waals surface area contributed by atoms with Crippen molar-refractivity contribution in [1.82, 2.24) is 24.5 Å². The highest BCUT2D eigenvalue weighted by Crippen LogP contribution is 2.32. The monoisotopic (exact) mass is 533 g/mol. The van der Waals surface area contributed by atoms with Gasteiger partial charge in [-0.05, 0) is 95.6 Å². The predicted octanol–water partition coefficient (Wildman–Crippen LogP) is 4.93. The fourth-order valence-electron chi connectivity index (χ4n) is 5.01. The number of aliphatic hydroxyl groups is 1. The fourth-order valence-corrected chi connectivity index (χ4v) is 5.25. The molecule has 10 nitrogen and oxygen atoms in total. The van der Waals surface area contributed by atoms with Gasteiger partial charge in [-0.3, -0.25) is 0 Å². The number of aryl methyl sites for hydroxylation is 1. The number of piperidine rings is 1. The Kier molecular flexibility index (Phi) is 7.40. The molecular weight excluding hydrogens is 502 g/mol. The first kappa shape index (κ1) is 26.2. The molecule has 5 rings (SSSR count). The van der Waals surface area contributed by atoms with E-state index >= 15 is 0 Å². The molecule has 3 aromatic rings. The molecule has 2 aliphatic rings. The molecule has 1 aromatic carbocycles. The number of rotatable bonds is 9. The van der Waals surface area contributed by atoms with Crippen LogP contribution < -0.4 is 10.6 Å². The molecule has 3 N–H and O–H groups in total. The number of hydrogen-bond donors (Lipinski definition) is 3. The van der Waals surface area contributed by atoms with Gasteiger partial charge < -0.3 is 25.5 Å². The second-order valence-electron chi connectivity index (χ2n) is 10.8. The van der Waals surface area contributed by atoms with Crippen LogP contribution in [0.1, 0.15) is 57.1 Å². The summed E-state index contributed by atoms with van der Waals surface area (Å²) in [5.74, 6) is 1.44. The van der Waals surface area contributed by atoms with Gasteiger partial charge in [0.15, 0.2) is 5.82 Å². The van der Waals surface area contributed by atoms with Crippen molar-refractivity contribution in [2.75, 3.05) is 30.3 Å². The average molecular weight is 534 g/mol. The zero-order chi connectivity index (χ0) is 26.9. The maximum atomic E-state index is 10.3. The number of anilines is 3. The third kappa shape index (κ3) is 5.83. The highest BCUT2D eigenvalue weighted by atomic mass is 35.5. The molecule has 0 amide bonds. The van der Waals surface area contributed by atoms with Crippen molar-refractivity contribution in [3.8, 4) is 6.07 Å². The number of benzene rings is 1. The molecule has 11 heteroatoms. The number of hydrogen-bond acceptors (Lipinski definition) is 8. The molecule has 1 saturated heterocycles. The van der Waals surface area contributed by atoms with Crippen LogP contribution >= 0.6 is 11.6 Å². The van der Waals surface area contributed by atoms with E-state index in [1.165, 1.54) is 10.7 Å². The Hall–Kier alpha value is -3.44. The maximum Gasteiger partial charge on any atom is 0.275 e. The van der Waals surface area contributed by atoms with Crippen LogP contribution in [0.5, 0.6) is 0 Å². The first-order valence-electron chi connectivity index (χ1n) is 13.1. The summed E-state index contributed by atoms with van der Waals surface area (Å²) >= 11 is 6.64. The number of halogens is 1. The number of nitrogens with one attached hydrogen (secondary N) is 2. The van der Waals surface area contributed by atoms with Crippen LogP contribution in [-0.2, 0) is 6.42 Å². The summed E-state index contributed by atoms with van der Waals surface area (Å²) in [6.07, 6.45) is 7.27. The van der Waals surface area contributed by atoms with Crippen molar-refractivity contribution in [3.63, 3.8) is 0 Å². The third-order valence-electron chi connectivity index (χ3n) is 7.44. The minimum atomic E-state index is -0.621. The van der Waals surface area contributed by atoms with E-state index in [0.29, 0.717) is 39.7 Å². The molecule has 1 saturated carbocycles. The van der Waals surface area contributed by atoms with Crippen molar-refractivity contribution in [2.24, 2.45) is 5.92 Å². The van der Waals surface area contributed by atoms with Gasteiger partial charge in [-0.1, -0.05) is 23.3 Å². The topological polar surface area (TPSA) is 119 Å². The van der Waals surface area contributed by atoms with Gasteiger partial charge in [0.05, 0.1) is 34.1 Å². The van der Waals surface area contributed by atoms with Crippen LogP contribution in [0.2, 0.25) is 5.02 Å². The van der Waals surface area contributed by atoms with Crippen molar-refractivity contribution in [2.45, 2.75) is 64.0 Å². The number of nitrogens with zero attached hydrogens (tertiary/aromatic N) is 7. The van der Waals surface area contributed by atoms with Gasteiger partial charge in [0, 0.05) is 6.04 Å². The lowest BCUT2D eigenvalue weighted by Gasteiger charge is -2.37. The van der Waals surface area contributed by atoms with Gasteiger partial charge in [0.2, 0.25) is 0 Å². The zero-order valence-corrected chi connectivity index (χ0v) is 22.5. The highest BCUT2D eigenvalue weighted by molar-refractivity contribution is 6.33. The molecule has 1 aliphatic carbocycles. The predicted molar refractivity (Wildman–Crippen MR) is 147 cm³/mol. The summed E-state index contributed by atoms with van der Waals surface area (Å²) in [6, 6.07) is 6.22. The largest absolute Gasteiger partial charge is 0.390 e. The molecule has 2 aromatic heterocycles. The first-order chi connectivity index (χ1) is 18.2. The van der Waals surface area contributed by atoms with Gasteiger partial charge >= 0.3 is 0 Å². The van der Waals surface area contributed by atoms with E-state index in [1.54, 1.807) is 6.07 Å². The molecule has 198 valence electrons. The summed E-state index contributed by atoms with van der Waals surface area (Å²) < 4.78 is 1.46. The molecule has 0 bridgehead atoms. The smallest absolute Gasteiger partial charge is 0.275 e. The van der Waals surface area contributed by atoms with E-state index in [2.05, 4.69) is 41.5 Å². The summed E-state index contributed by atoms with van der Waals surface area (Å²) in [6.45, 7) is 14.1. The second-order valence-corrected chi connectivity index (χ2v) is 11.2. The Labute approximate surface area is 227 Å². The van der Waals surface area contributed by atoms with Gasteiger partial charge in [0.1, 0.15) is 0 Å². The average Bonchev–Trinajstić information content (AvgIpc) is 3.61. The Bertz CT molecular complexity index is 1400. The number of imidazole rings is 1. The Balaban J connectivity index is 1.27. The molecule has 1 aliphatic heterocycles. The molecular formula is C27H32ClN9O. The standard InChI is InChI=1S/C27H32ClN9O/c1-27(2,38)19-8-11-36(12-9-19)10-4-5-17-13-21(28)22(14-18(17)15-29)33-26-34-24(32-20-6-7-20)25-31-16-23(30-3)37(25)35-26/h13-14,16,19-20,38H,4-12H2,1-2H3,(H2,32,33,34,35). The van der Waals surface area contributed by atoms with Gasteiger partial charge in [0.25, 0.3) is 17.4 Å². The summed E-state index contributed by atoms with van der Waals surface area (Å²) in [5, 5.41) is 31.5. The summed E-state index contributed by atoms with van der Waals surface area (Å²) in [5.41, 5.74) is 1.87. The van der Waals surface area contributed by atoms with Gasteiger partial charge in [-0.25, -0.2) is 4.98 Å². The lowest BCUT2D eigenvalue weighted by Crippen LogP contribution is -2.42. The van der Waals surface area contributed by atoms with E-state index in [9.17, 15) is 10.4 Å². The lowest BCUT2D eigenvalue weighted by molar-refractivity contribution is -0.0126. The molecule has 0 atom stereocenters. The van der Waals surface area contributed by atoms with E-state index in [4.69, 9.17) is 18.2 Å². The van der Waals surface area contributed by atoms with Crippen molar-refractivity contribution < 1.29 is 5.11 Å². The fraction of sp³-hybridized carbons (Fsp3) is 0.519. The van der Waals surface area contributed by atoms with Crippen molar-refractivity contribution >= 4 is 40.5 Å². The molecule has 0 spiro atoms. The van der Waals surface area contributed by atoms with Crippen molar-refractivity contribution in [3.05, 3.63) is 45.9 Å². The van der Waals surface area contributed by atoms with Crippen molar-refractivity contribution in [1.29, 1.82) is 5.26 Å². The normalized spacial score (nSPS) is 16.8.